The molecule has 0 radical (unpaired) electrons. The fourth-order valence-corrected chi connectivity index (χ4v) is 4.64. The van der Waals surface area contributed by atoms with Crippen LogP contribution in [0.25, 0.3) is 27.5 Å². The van der Waals surface area contributed by atoms with E-state index in [1.807, 2.05) is 53.1 Å². The van der Waals surface area contributed by atoms with Crippen LogP contribution >= 0.6 is 0 Å². The Kier molecular flexibility index (Phi) is 3.77. The van der Waals surface area contributed by atoms with Crippen LogP contribution in [0.4, 0.5) is 5.69 Å². The molecule has 0 saturated carbocycles. The van der Waals surface area contributed by atoms with E-state index in [-0.39, 0.29) is 11.8 Å². The third-order valence-electron chi connectivity index (χ3n) is 5.97. The van der Waals surface area contributed by atoms with Crippen molar-refractivity contribution < 1.29 is 9.59 Å². The summed E-state index contributed by atoms with van der Waals surface area (Å²) in [7, 11) is 0. The topological polar surface area (TPSA) is 66.1 Å². The van der Waals surface area contributed by atoms with Crippen LogP contribution in [0, 0.1) is 11.3 Å². The van der Waals surface area contributed by atoms with Crippen LogP contribution in [0.3, 0.4) is 0 Å². The summed E-state index contributed by atoms with van der Waals surface area (Å²) in [6.45, 7) is 0. The number of fused-ring (bicyclic) bond motifs is 4. The molecule has 5 nitrogen and oxygen atoms in total. The highest BCUT2D eigenvalue weighted by atomic mass is 16.2. The Morgan fingerprint density at radius 2 is 1.41 bits per heavy atom. The summed E-state index contributed by atoms with van der Waals surface area (Å²) in [6, 6.07) is 29.9. The number of anilines is 1. The zero-order valence-electron chi connectivity index (χ0n) is 16.8. The van der Waals surface area contributed by atoms with Gasteiger partial charge in [0.25, 0.3) is 11.8 Å². The maximum atomic E-state index is 13.6. The van der Waals surface area contributed by atoms with Crippen molar-refractivity contribution in [2.45, 2.75) is 0 Å². The van der Waals surface area contributed by atoms with Gasteiger partial charge in [0.1, 0.15) is 0 Å². The molecule has 4 aromatic carbocycles. The minimum Gasteiger partial charge on any atom is -0.308 e. The predicted molar refractivity (Wildman–Crippen MR) is 123 cm³/mol. The molecule has 0 fully saturated rings. The standard InChI is InChI=1S/C27H15N3O2/c28-16-17-8-6-14-22-24(17)19-11-4-5-13-21(19)30(22)23-15-7-12-20-25(23)27(32)29(26(20)31)18-9-2-1-3-10-18/h1-15H. The van der Waals surface area contributed by atoms with Gasteiger partial charge in [0.15, 0.2) is 0 Å². The maximum absolute atomic E-state index is 13.6. The lowest BCUT2D eigenvalue weighted by Crippen LogP contribution is -2.29. The number of imide groups is 1. The van der Waals surface area contributed by atoms with E-state index in [1.54, 1.807) is 42.5 Å². The first-order chi connectivity index (χ1) is 15.7. The van der Waals surface area contributed by atoms with Gasteiger partial charge in [-0.1, -0.05) is 48.5 Å². The van der Waals surface area contributed by atoms with Crippen molar-refractivity contribution in [3.05, 3.63) is 108 Å². The van der Waals surface area contributed by atoms with E-state index in [4.69, 9.17) is 0 Å². The minimum absolute atomic E-state index is 0.337. The number of nitriles is 1. The molecule has 1 aromatic heterocycles. The lowest BCUT2D eigenvalue weighted by molar-refractivity contribution is 0.0926. The van der Waals surface area contributed by atoms with Crippen molar-refractivity contribution in [1.82, 2.24) is 4.57 Å². The second kappa shape index (κ2) is 6.66. The van der Waals surface area contributed by atoms with Gasteiger partial charge in [-0.2, -0.15) is 5.26 Å². The number of carbonyl (C=O) groups excluding carboxylic acids is 2. The number of rotatable bonds is 2. The van der Waals surface area contributed by atoms with Crippen molar-refractivity contribution in [2.24, 2.45) is 0 Å². The summed E-state index contributed by atoms with van der Waals surface area (Å²) in [6.07, 6.45) is 0. The molecular weight excluding hydrogens is 398 g/mol. The lowest BCUT2D eigenvalue weighted by Gasteiger charge is -2.14. The highest BCUT2D eigenvalue weighted by Crippen LogP contribution is 2.38. The lowest BCUT2D eigenvalue weighted by atomic mass is 10.1. The molecule has 0 aliphatic carbocycles. The third-order valence-corrected chi connectivity index (χ3v) is 5.97. The summed E-state index contributed by atoms with van der Waals surface area (Å²) in [4.78, 5) is 28.0. The summed E-state index contributed by atoms with van der Waals surface area (Å²) >= 11 is 0. The van der Waals surface area contributed by atoms with Gasteiger partial charge in [0, 0.05) is 10.8 Å². The number of carbonyl (C=O) groups is 2. The van der Waals surface area contributed by atoms with Crippen molar-refractivity contribution in [1.29, 1.82) is 5.26 Å². The molecule has 5 heteroatoms. The number of benzene rings is 4. The maximum Gasteiger partial charge on any atom is 0.268 e. The molecule has 0 unspecified atom stereocenters. The second-order valence-corrected chi connectivity index (χ2v) is 7.65. The van der Waals surface area contributed by atoms with E-state index in [0.717, 1.165) is 21.8 Å². The number of aromatic nitrogens is 1. The molecule has 5 aromatic rings. The van der Waals surface area contributed by atoms with E-state index in [9.17, 15) is 14.9 Å². The Bertz CT molecular complexity index is 1620. The van der Waals surface area contributed by atoms with Crippen molar-refractivity contribution >= 4 is 39.3 Å². The third kappa shape index (κ3) is 2.32. The molecule has 6 rings (SSSR count). The normalized spacial score (nSPS) is 13.0. The SMILES string of the molecule is N#Cc1cccc2c1c1ccccc1n2-c1cccc2c1C(=O)N(c1ccccc1)C2=O. The number of para-hydroxylation sites is 2. The summed E-state index contributed by atoms with van der Waals surface area (Å²) in [5, 5.41) is 11.5. The number of amides is 2. The van der Waals surface area contributed by atoms with Crippen LogP contribution < -0.4 is 4.90 Å². The molecule has 2 amide bonds. The van der Waals surface area contributed by atoms with Crippen LogP contribution in [-0.4, -0.2) is 16.4 Å². The molecule has 0 N–H and O–H groups in total. The van der Waals surface area contributed by atoms with Gasteiger partial charge in [-0.25, -0.2) is 4.90 Å². The number of hydrogen-bond acceptors (Lipinski definition) is 3. The van der Waals surface area contributed by atoms with E-state index < -0.39 is 0 Å². The first-order valence-corrected chi connectivity index (χ1v) is 10.2. The van der Waals surface area contributed by atoms with Crippen LogP contribution in [0.1, 0.15) is 26.3 Å². The van der Waals surface area contributed by atoms with Crippen LogP contribution in [0.2, 0.25) is 0 Å². The molecule has 0 saturated heterocycles. The van der Waals surface area contributed by atoms with E-state index in [0.29, 0.717) is 28.1 Å². The Labute approximate surface area is 183 Å². The van der Waals surface area contributed by atoms with E-state index in [2.05, 4.69) is 6.07 Å². The zero-order chi connectivity index (χ0) is 21.8. The molecule has 0 atom stereocenters. The Morgan fingerprint density at radius 3 is 2.22 bits per heavy atom. The summed E-state index contributed by atoms with van der Waals surface area (Å²) < 4.78 is 1.98. The van der Waals surface area contributed by atoms with Crippen LogP contribution in [0.15, 0.2) is 91.0 Å². The molecular formula is C27H15N3O2. The first kappa shape index (κ1) is 18.1. The van der Waals surface area contributed by atoms with Crippen molar-refractivity contribution in [3.8, 4) is 11.8 Å². The highest BCUT2D eigenvalue weighted by Gasteiger charge is 2.39. The van der Waals surface area contributed by atoms with Gasteiger partial charge in [-0.3, -0.25) is 9.59 Å². The second-order valence-electron chi connectivity index (χ2n) is 7.65. The predicted octanol–water partition coefficient (Wildman–Crippen LogP) is 5.46. The molecule has 1 aliphatic heterocycles. The fraction of sp³-hybridized carbons (Fsp3) is 0. The average molecular weight is 413 g/mol. The Balaban J connectivity index is 1.68. The van der Waals surface area contributed by atoms with Crippen molar-refractivity contribution in [3.63, 3.8) is 0 Å². The van der Waals surface area contributed by atoms with Crippen LogP contribution in [-0.2, 0) is 0 Å². The van der Waals surface area contributed by atoms with Gasteiger partial charge in [-0.05, 0) is 42.5 Å². The molecule has 0 bridgehead atoms. The first-order valence-electron chi connectivity index (χ1n) is 10.2. The number of nitrogens with zero attached hydrogens (tertiary/aromatic N) is 3. The molecule has 0 spiro atoms. The zero-order valence-corrected chi connectivity index (χ0v) is 16.8. The molecule has 32 heavy (non-hydrogen) atoms. The van der Waals surface area contributed by atoms with Gasteiger partial charge in [0.2, 0.25) is 0 Å². The quantitative estimate of drug-likeness (QED) is 0.361. The van der Waals surface area contributed by atoms with Crippen LogP contribution in [0.5, 0.6) is 0 Å². The molecule has 150 valence electrons. The Morgan fingerprint density at radius 1 is 0.688 bits per heavy atom. The highest BCUT2D eigenvalue weighted by molar-refractivity contribution is 6.35. The van der Waals surface area contributed by atoms with Gasteiger partial charge in [0.05, 0.1) is 45.2 Å². The molecule has 1 aliphatic rings. The summed E-state index contributed by atoms with van der Waals surface area (Å²) in [5.41, 5.74) is 4.16. The van der Waals surface area contributed by atoms with Gasteiger partial charge < -0.3 is 4.57 Å². The van der Waals surface area contributed by atoms with Gasteiger partial charge >= 0.3 is 0 Å². The number of hydrogen-bond donors (Lipinski definition) is 0. The largest absolute Gasteiger partial charge is 0.308 e. The smallest absolute Gasteiger partial charge is 0.268 e. The van der Waals surface area contributed by atoms with E-state index in [1.165, 1.54) is 4.90 Å². The van der Waals surface area contributed by atoms with Gasteiger partial charge in [-0.15, -0.1) is 0 Å². The van der Waals surface area contributed by atoms with Crippen molar-refractivity contribution in [2.75, 3.05) is 4.90 Å². The Hall–Kier alpha value is -4.69. The molecule has 2 heterocycles. The monoisotopic (exact) mass is 413 g/mol. The van der Waals surface area contributed by atoms with E-state index >= 15 is 0 Å². The minimum atomic E-state index is -0.353. The fourth-order valence-electron chi connectivity index (χ4n) is 4.64. The average Bonchev–Trinajstić information content (AvgIpc) is 3.31. The summed E-state index contributed by atoms with van der Waals surface area (Å²) in [5.74, 6) is -0.689.